The standard InChI is InChI=1S/C27H31Cl3N2O4/c1-18(14-32-10-9-31-17-32)15-34-22-7-5-20(6-8-22)27(3,4)21-11-24(29)26(25(30)12-21)35-16-23(13-28)36-19(2)33/h5-12,17-18,23H,13-16H2,1-4H3/t18-,23-/m0/s1. The molecule has 0 N–H and O–H groups in total. The highest BCUT2D eigenvalue weighted by Gasteiger charge is 2.26. The van der Waals surface area contributed by atoms with Crippen molar-refractivity contribution in [2.75, 3.05) is 19.1 Å². The minimum atomic E-state index is -0.595. The number of ether oxygens (including phenoxy) is 3. The van der Waals surface area contributed by atoms with Crippen LogP contribution in [0.25, 0.3) is 0 Å². The Morgan fingerprint density at radius 2 is 1.72 bits per heavy atom. The number of rotatable bonds is 12. The number of hydrogen-bond acceptors (Lipinski definition) is 5. The van der Waals surface area contributed by atoms with Gasteiger partial charge in [0.15, 0.2) is 5.75 Å². The van der Waals surface area contributed by atoms with Crippen molar-refractivity contribution >= 4 is 40.8 Å². The normalized spacial score (nSPS) is 13.2. The number of benzene rings is 2. The summed E-state index contributed by atoms with van der Waals surface area (Å²) in [5.41, 5.74) is 1.63. The fourth-order valence-corrected chi connectivity index (χ4v) is 4.51. The number of nitrogens with zero attached hydrogens (tertiary/aromatic N) is 2. The van der Waals surface area contributed by atoms with Gasteiger partial charge < -0.3 is 18.8 Å². The maximum atomic E-state index is 11.2. The molecule has 0 saturated carbocycles. The molecule has 0 radical (unpaired) electrons. The molecule has 36 heavy (non-hydrogen) atoms. The second-order valence-electron chi connectivity index (χ2n) is 9.29. The number of carbonyl (C=O) groups is 1. The monoisotopic (exact) mass is 552 g/mol. The Kier molecular flexibility index (Phi) is 9.94. The quantitative estimate of drug-likeness (QED) is 0.183. The molecule has 0 fully saturated rings. The van der Waals surface area contributed by atoms with Crippen LogP contribution in [-0.2, 0) is 21.5 Å². The Labute approximate surface area is 227 Å². The third-order valence-corrected chi connectivity index (χ3v) is 6.74. The molecule has 0 bridgehead atoms. The van der Waals surface area contributed by atoms with Crippen LogP contribution in [0, 0.1) is 5.92 Å². The van der Waals surface area contributed by atoms with Crippen LogP contribution in [0.5, 0.6) is 11.5 Å². The van der Waals surface area contributed by atoms with Crippen LogP contribution in [0.15, 0.2) is 55.1 Å². The SMILES string of the molecule is CC(=O)O[C@@H](CCl)COc1c(Cl)cc(C(C)(C)c2ccc(OC[C@@H](C)Cn3ccnc3)cc2)cc1Cl. The minimum absolute atomic E-state index is 0.0493. The molecule has 0 saturated heterocycles. The predicted octanol–water partition coefficient (Wildman–Crippen LogP) is 6.78. The van der Waals surface area contributed by atoms with E-state index in [1.807, 2.05) is 53.5 Å². The smallest absolute Gasteiger partial charge is 0.303 e. The van der Waals surface area contributed by atoms with E-state index in [2.05, 4.69) is 25.8 Å². The first kappa shape index (κ1) is 28.2. The van der Waals surface area contributed by atoms with Crippen molar-refractivity contribution in [1.82, 2.24) is 9.55 Å². The van der Waals surface area contributed by atoms with Gasteiger partial charge in [-0.3, -0.25) is 4.79 Å². The summed E-state index contributed by atoms with van der Waals surface area (Å²) in [4.78, 5) is 15.3. The van der Waals surface area contributed by atoms with Gasteiger partial charge in [-0.25, -0.2) is 4.98 Å². The lowest BCUT2D eigenvalue weighted by Crippen LogP contribution is -2.26. The summed E-state index contributed by atoms with van der Waals surface area (Å²) in [6, 6.07) is 11.7. The minimum Gasteiger partial charge on any atom is -0.493 e. The summed E-state index contributed by atoms with van der Waals surface area (Å²) in [5.74, 6) is 1.15. The molecule has 6 nitrogen and oxygen atoms in total. The molecule has 2 aromatic carbocycles. The summed E-state index contributed by atoms with van der Waals surface area (Å²) in [7, 11) is 0. The zero-order chi connectivity index (χ0) is 26.3. The van der Waals surface area contributed by atoms with E-state index < -0.39 is 12.1 Å². The van der Waals surface area contributed by atoms with E-state index in [-0.39, 0.29) is 17.9 Å². The molecule has 0 amide bonds. The first-order chi connectivity index (χ1) is 17.1. The average Bonchev–Trinajstić information content (AvgIpc) is 3.34. The Hall–Kier alpha value is -2.41. The molecule has 0 aliphatic rings. The van der Waals surface area contributed by atoms with Crippen molar-refractivity contribution in [2.45, 2.75) is 45.8 Å². The van der Waals surface area contributed by atoms with Crippen LogP contribution in [-0.4, -0.2) is 40.7 Å². The highest BCUT2D eigenvalue weighted by atomic mass is 35.5. The number of hydrogen-bond donors (Lipinski definition) is 0. The lowest BCUT2D eigenvalue weighted by Gasteiger charge is -2.27. The fraction of sp³-hybridized carbons (Fsp3) is 0.407. The van der Waals surface area contributed by atoms with Crippen LogP contribution in [0.1, 0.15) is 38.8 Å². The van der Waals surface area contributed by atoms with Crippen LogP contribution >= 0.6 is 34.8 Å². The van der Waals surface area contributed by atoms with Crippen molar-refractivity contribution < 1.29 is 19.0 Å². The molecule has 1 aromatic heterocycles. The number of esters is 1. The van der Waals surface area contributed by atoms with Gasteiger partial charge in [0.1, 0.15) is 18.5 Å². The highest BCUT2D eigenvalue weighted by molar-refractivity contribution is 6.37. The summed E-state index contributed by atoms with van der Waals surface area (Å²) in [6.07, 6.45) is 4.94. The number of carbonyl (C=O) groups excluding carboxylic acids is 1. The van der Waals surface area contributed by atoms with Crippen molar-refractivity contribution in [3.63, 3.8) is 0 Å². The lowest BCUT2D eigenvalue weighted by atomic mass is 9.78. The Bertz CT molecular complexity index is 1110. The van der Waals surface area contributed by atoms with E-state index in [4.69, 9.17) is 49.0 Å². The lowest BCUT2D eigenvalue weighted by molar-refractivity contribution is -0.146. The molecular weight excluding hydrogens is 523 g/mol. The molecule has 0 spiro atoms. The van der Waals surface area contributed by atoms with Crippen LogP contribution in [0.4, 0.5) is 0 Å². The first-order valence-corrected chi connectivity index (χ1v) is 12.9. The summed E-state index contributed by atoms with van der Waals surface area (Å²) in [6.45, 7) is 9.17. The first-order valence-electron chi connectivity index (χ1n) is 11.6. The van der Waals surface area contributed by atoms with Crippen molar-refractivity contribution in [3.8, 4) is 11.5 Å². The van der Waals surface area contributed by atoms with Crippen molar-refractivity contribution in [3.05, 3.63) is 76.3 Å². The molecule has 0 aliphatic heterocycles. The average molecular weight is 554 g/mol. The Morgan fingerprint density at radius 3 is 2.28 bits per heavy atom. The van der Waals surface area contributed by atoms with Crippen molar-refractivity contribution in [2.24, 2.45) is 5.92 Å². The molecule has 194 valence electrons. The van der Waals surface area contributed by atoms with Gasteiger partial charge in [0.25, 0.3) is 0 Å². The maximum absolute atomic E-state index is 11.2. The number of aromatic nitrogens is 2. The van der Waals surface area contributed by atoms with Gasteiger partial charge >= 0.3 is 5.97 Å². The maximum Gasteiger partial charge on any atom is 0.303 e. The summed E-state index contributed by atoms with van der Waals surface area (Å²) in [5, 5.41) is 0.738. The zero-order valence-corrected chi connectivity index (χ0v) is 23.1. The third kappa shape index (κ3) is 7.55. The molecule has 9 heteroatoms. The second-order valence-corrected chi connectivity index (χ2v) is 10.4. The Morgan fingerprint density at radius 1 is 1.06 bits per heavy atom. The molecule has 1 heterocycles. The van der Waals surface area contributed by atoms with E-state index in [0.717, 1.165) is 23.4 Å². The van der Waals surface area contributed by atoms with Gasteiger partial charge in [-0.2, -0.15) is 0 Å². The van der Waals surface area contributed by atoms with E-state index >= 15 is 0 Å². The van der Waals surface area contributed by atoms with Gasteiger partial charge in [0.2, 0.25) is 0 Å². The third-order valence-electron chi connectivity index (χ3n) is 5.83. The van der Waals surface area contributed by atoms with E-state index in [9.17, 15) is 4.79 Å². The van der Waals surface area contributed by atoms with E-state index in [0.29, 0.717) is 28.3 Å². The number of halogens is 3. The van der Waals surface area contributed by atoms with E-state index in [1.54, 1.807) is 6.20 Å². The molecule has 0 unspecified atom stereocenters. The second kappa shape index (κ2) is 12.7. The molecule has 3 rings (SSSR count). The summed E-state index contributed by atoms with van der Waals surface area (Å²) < 4.78 is 18.9. The van der Waals surface area contributed by atoms with Gasteiger partial charge in [0, 0.05) is 37.2 Å². The predicted molar refractivity (Wildman–Crippen MR) is 144 cm³/mol. The molecular formula is C27H31Cl3N2O4. The summed E-state index contributed by atoms with van der Waals surface area (Å²) >= 11 is 18.9. The van der Waals surface area contributed by atoms with Crippen LogP contribution in [0.3, 0.4) is 0 Å². The largest absolute Gasteiger partial charge is 0.493 e. The number of alkyl halides is 1. The van der Waals surface area contributed by atoms with Gasteiger partial charge in [-0.05, 0) is 35.4 Å². The fourth-order valence-electron chi connectivity index (χ4n) is 3.76. The van der Waals surface area contributed by atoms with Gasteiger partial charge in [0.05, 0.1) is 28.9 Å². The zero-order valence-electron chi connectivity index (χ0n) is 20.8. The van der Waals surface area contributed by atoms with Gasteiger partial charge in [-0.15, -0.1) is 11.6 Å². The van der Waals surface area contributed by atoms with Crippen molar-refractivity contribution in [1.29, 1.82) is 0 Å². The molecule has 3 aromatic rings. The van der Waals surface area contributed by atoms with Crippen LogP contribution in [0.2, 0.25) is 10.0 Å². The highest BCUT2D eigenvalue weighted by Crippen LogP contribution is 2.40. The molecule has 2 atom stereocenters. The van der Waals surface area contributed by atoms with Crippen LogP contribution < -0.4 is 9.47 Å². The molecule has 0 aliphatic carbocycles. The van der Waals surface area contributed by atoms with E-state index in [1.165, 1.54) is 6.92 Å². The Balaban J connectivity index is 1.66. The van der Waals surface area contributed by atoms with Gasteiger partial charge in [-0.1, -0.05) is 56.1 Å². The topological polar surface area (TPSA) is 62.6 Å². The number of imidazole rings is 1.